The van der Waals surface area contributed by atoms with Crippen LogP contribution in [0.4, 0.5) is 5.69 Å². The zero-order valence-electron chi connectivity index (χ0n) is 15.1. The van der Waals surface area contributed by atoms with Crippen LogP contribution >= 0.6 is 0 Å². The molecule has 0 aromatic heterocycles. The number of piperidine rings is 1. The summed E-state index contributed by atoms with van der Waals surface area (Å²) < 4.78 is 0. The molecule has 1 spiro atoms. The predicted molar refractivity (Wildman–Crippen MR) is 97.5 cm³/mol. The van der Waals surface area contributed by atoms with Gasteiger partial charge in [-0.1, -0.05) is 12.1 Å². The highest BCUT2D eigenvalue weighted by Gasteiger charge is 2.47. The third kappa shape index (κ3) is 3.06. The first-order valence-corrected chi connectivity index (χ1v) is 9.38. The molecule has 3 fully saturated rings. The second kappa shape index (κ2) is 6.13. The third-order valence-corrected chi connectivity index (χ3v) is 6.15. The summed E-state index contributed by atoms with van der Waals surface area (Å²) in [7, 11) is 0. The minimum absolute atomic E-state index is 0.157. The molecule has 0 bridgehead atoms. The van der Waals surface area contributed by atoms with Gasteiger partial charge >= 0.3 is 0 Å². The lowest BCUT2D eigenvalue weighted by Crippen LogP contribution is -2.58. The van der Waals surface area contributed by atoms with Crippen molar-refractivity contribution < 1.29 is 9.59 Å². The second-order valence-corrected chi connectivity index (χ2v) is 8.27. The summed E-state index contributed by atoms with van der Waals surface area (Å²) in [6, 6.07) is 8.99. The fourth-order valence-electron chi connectivity index (χ4n) is 4.54. The number of carbonyl (C=O) groups excluding carboxylic acids is 2. The van der Waals surface area contributed by atoms with Gasteiger partial charge in [0, 0.05) is 43.2 Å². The van der Waals surface area contributed by atoms with E-state index in [0.717, 1.165) is 18.7 Å². The molecule has 3 saturated heterocycles. The highest BCUT2D eigenvalue weighted by molar-refractivity contribution is 6.00. The van der Waals surface area contributed by atoms with Crippen LogP contribution in [0.5, 0.6) is 0 Å². The average Bonchev–Trinajstić information content (AvgIpc) is 3.00. The number of imide groups is 1. The minimum atomic E-state index is -0.191. The smallest absolute Gasteiger partial charge is 0.234 e. The van der Waals surface area contributed by atoms with Crippen molar-refractivity contribution in [3.8, 4) is 0 Å². The van der Waals surface area contributed by atoms with Gasteiger partial charge in [-0.25, -0.2) is 0 Å². The molecule has 134 valence electrons. The van der Waals surface area contributed by atoms with E-state index >= 15 is 0 Å². The van der Waals surface area contributed by atoms with E-state index in [0.29, 0.717) is 24.3 Å². The third-order valence-electron chi connectivity index (χ3n) is 6.15. The van der Waals surface area contributed by atoms with Gasteiger partial charge in [0.25, 0.3) is 0 Å². The number of nitrogens with zero attached hydrogens (tertiary/aromatic N) is 2. The number of amides is 2. The lowest BCUT2D eigenvalue weighted by Gasteiger charge is -2.50. The molecule has 0 aliphatic carbocycles. The fraction of sp³-hybridized carbons (Fsp3) is 0.600. The van der Waals surface area contributed by atoms with Crippen LogP contribution in [-0.4, -0.2) is 48.9 Å². The van der Waals surface area contributed by atoms with E-state index < -0.39 is 0 Å². The van der Waals surface area contributed by atoms with Crippen molar-refractivity contribution in [1.82, 2.24) is 10.2 Å². The molecule has 4 rings (SSSR count). The quantitative estimate of drug-likeness (QED) is 0.856. The van der Waals surface area contributed by atoms with Gasteiger partial charge in [-0.05, 0) is 50.9 Å². The Kier molecular flexibility index (Phi) is 4.07. The molecule has 0 radical (unpaired) electrons. The van der Waals surface area contributed by atoms with Crippen LogP contribution in [0.15, 0.2) is 24.3 Å². The van der Waals surface area contributed by atoms with E-state index in [9.17, 15) is 9.59 Å². The van der Waals surface area contributed by atoms with Gasteiger partial charge in [0.1, 0.15) is 0 Å². The molecule has 3 aliphatic rings. The van der Waals surface area contributed by atoms with Crippen molar-refractivity contribution in [3.63, 3.8) is 0 Å². The molecule has 3 heterocycles. The number of hydrogen-bond donors (Lipinski definition) is 1. The molecule has 3 aliphatic heterocycles. The summed E-state index contributed by atoms with van der Waals surface area (Å²) in [5.74, 6) is -0.508. The standard InChI is InChI=1S/C20H27N3O2/c1-14(2)22-10-9-20(11-22)12-23(13-20)16-5-3-15(4-6-16)17-7-8-18(24)21-19(17)25/h3-6,14,17H,7-13H2,1-2H3,(H,21,24,25). The van der Waals surface area contributed by atoms with Crippen molar-refractivity contribution in [3.05, 3.63) is 29.8 Å². The Morgan fingerprint density at radius 1 is 1.12 bits per heavy atom. The maximum Gasteiger partial charge on any atom is 0.234 e. The fourth-order valence-corrected chi connectivity index (χ4v) is 4.54. The zero-order chi connectivity index (χ0) is 17.6. The van der Waals surface area contributed by atoms with Gasteiger partial charge < -0.3 is 9.80 Å². The number of anilines is 1. The average molecular weight is 341 g/mol. The molecule has 25 heavy (non-hydrogen) atoms. The number of likely N-dealkylation sites (tertiary alicyclic amines) is 1. The summed E-state index contributed by atoms with van der Waals surface area (Å²) in [5, 5.41) is 2.44. The van der Waals surface area contributed by atoms with E-state index in [1.165, 1.54) is 25.2 Å². The first-order valence-electron chi connectivity index (χ1n) is 9.38. The Hall–Kier alpha value is -1.88. The van der Waals surface area contributed by atoms with E-state index in [1.807, 2.05) is 0 Å². The highest BCUT2D eigenvalue weighted by atomic mass is 16.2. The first-order chi connectivity index (χ1) is 12.0. The second-order valence-electron chi connectivity index (χ2n) is 8.27. The van der Waals surface area contributed by atoms with Gasteiger partial charge in [-0.2, -0.15) is 0 Å². The lowest BCUT2D eigenvalue weighted by molar-refractivity contribution is -0.134. The molecule has 0 saturated carbocycles. The Morgan fingerprint density at radius 2 is 1.84 bits per heavy atom. The SMILES string of the molecule is CC(C)N1CCC2(CN(c3ccc(C4CCC(=O)NC4=O)cc3)C2)C1. The monoisotopic (exact) mass is 341 g/mol. The molecule has 1 N–H and O–H groups in total. The Morgan fingerprint density at radius 3 is 2.44 bits per heavy atom. The Balaban J connectivity index is 1.38. The van der Waals surface area contributed by atoms with Gasteiger partial charge in [-0.3, -0.25) is 14.9 Å². The maximum atomic E-state index is 12.0. The maximum absolute atomic E-state index is 12.0. The molecule has 1 atom stereocenters. The normalized spacial score (nSPS) is 26.2. The van der Waals surface area contributed by atoms with Crippen molar-refractivity contribution in [2.45, 2.75) is 45.1 Å². The Bertz CT molecular complexity index is 677. The molecule has 5 heteroatoms. The number of hydrogen-bond acceptors (Lipinski definition) is 4. The summed E-state index contributed by atoms with van der Waals surface area (Å²) in [4.78, 5) is 28.3. The van der Waals surface area contributed by atoms with Crippen LogP contribution < -0.4 is 10.2 Å². The summed E-state index contributed by atoms with van der Waals surface area (Å²) in [6.07, 6.45) is 2.34. The van der Waals surface area contributed by atoms with E-state index in [-0.39, 0.29) is 17.7 Å². The number of benzene rings is 1. The largest absolute Gasteiger partial charge is 0.370 e. The number of nitrogens with one attached hydrogen (secondary N) is 1. The van der Waals surface area contributed by atoms with Crippen LogP contribution in [-0.2, 0) is 9.59 Å². The molecule has 1 unspecified atom stereocenters. The summed E-state index contributed by atoms with van der Waals surface area (Å²) >= 11 is 0. The molecular formula is C20H27N3O2. The molecule has 1 aromatic carbocycles. The number of carbonyl (C=O) groups is 2. The number of rotatable bonds is 3. The topological polar surface area (TPSA) is 52.6 Å². The van der Waals surface area contributed by atoms with E-state index in [4.69, 9.17) is 0 Å². The van der Waals surface area contributed by atoms with E-state index in [1.54, 1.807) is 0 Å². The highest BCUT2D eigenvalue weighted by Crippen LogP contribution is 2.42. The molecular weight excluding hydrogens is 314 g/mol. The Labute approximate surface area is 149 Å². The first kappa shape index (κ1) is 16.6. The van der Waals surface area contributed by atoms with Gasteiger partial charge in [0.2, 0.25) is 11.8 Å². The predicted octanol–water partition coefficient (Wildman–Crippen LogP) is 2.13. The summed E-state index contributed by atoms with van der Waals surface area (Å²) in [6.45, 7) is 9.27. The minimum Gasteiger partial charge on any atom is -0.370 e. The van der Waals surface area contributed by atoms with Crippen LogP contribution in [0.2, 0.25) is 0 Å². The van der Waals surface area contributed by atoms with Gasteiger partial charge in [-0.15, -0.1) is 0 Å². The lowest BCUT2D eigenvalue weighted by atomic mass is 9.78. The van der Waals surface area contributed by atoms with Crippen molar-refractivity contribution in [1.29, 1.82) is 0 Å². The van der Waals surface area contributed by atoms with Crippen LogP contribution in [0.25, 0.3) is 0 Å². The summed E-state index contributed by atoms with van der Waals surface area (Å²) in [5.41, 5.74) is 2.73. The van der Waals surface area contributed by atoms with Crippen LogP contribution in [0.3, 0.4) is 0 Å². The molecule has 2 amide bonds. The van der Waals surface area contributed by atoms with Crippen molar-refractivity contribution in [2.24, 2.45) is 5.41 Å². The van der Waals surface area contributed by atoms with Crippen molar-refractivity contribution in [2.75, 3.05) is 31.1 Å². The van der Waals surface area contributed by atoms with Crippen molar-refractivity contribution >= 4 is 17.5 Å². The van der Waals surface area contributed by atoms with Gasteiger partial charge in [0.05, 0.1) is 5.92 Å². The zero-order valence-corrected chi connectivity index (χ0v) is 15.1. The van der Waals surface area contributed by atoms with Crippen LogP contribution in [0.1, 0.15) is 44.6 Å². The molecule has 1 aromatic rings. The molecule has 5 nitrogen and oxygen atoms in total. The van der Waals surface area contributed by atoms with Gasteiger partial charge in [0.15, 0.2) is 0 Å². The van der Waals surface area contributed by atoms with E-state index in [2.05, 4.69) is 53.2 Å². The van der Waals surface area contributed by atoms with Crippen LogP contribution in [0, 0.1) is 5.41 Å².